The number of benzene rings is 1. The molecule has 0 saturated carbocycles. The number of nitrogens with one attached hydrogen (secondary N) is 1. The average Bonchev–Trinajstić information content (AvgIpc) is 2.45. The highest BCUT2D eigenvalue weighted by molar-refractivity contribution is 5.97. The predicted octanol–water partition coefficient (Wildman–Crippen LogP) is 0.169. The number of carbonyl (C=O) groups is 2. The largest absolute Gasteiger partial charge is 0.490 e. The zero-order chi connectivity index (χ0) is 16.0. The molecule has 1 atom stereocenters. The quantitative estimate of drug-likeness (QED) is 0.481. The highest BCUT2D eigenvalue weighted by atomic mass is 16.6. The first-order valence-corrected chi connectivity index (χ1v) is 5.87. The maximum absolute atomic E-state index is 11.9. The predicted molar refractivity (Wildman–Crippen MR) is 70.2 cm³/mol. The lowest BCUT2D eigenvalue weighted by molar-refractivity contribution is -0.385. The fourth-order valence-electron chi connectivity index (χ4n) is 1.60. The van der Waals surface area contributed by atoms with Crippen LogP contribution in [-0.4, -0.2) is 46.8 Å². The number of ether oxygens (including phenoxy) is 1. The molecule has 1 rings (SSSR count). The minimum Gasteiger partial charge on any atom is -0.490 e. The van der Waals surface area contributed by atoms with Crippen molar-refractivity contribution in [3.8, 4) is 5.75 Å². The Bertz CT molecular complexity index is 559. The molecular formula is C12H14N2O7. The number of hydrogen-bond acceptors (Lipinski definition) is 6. The Hall–Kier alpha value is -2.68. The number of methoxy groups -OCH3 is 1. The molecule has 21 heavy (non-hydrogen) atoms. The minimum absolute atomic E-state index is 0.0123. The van der Waals surface area contributed by atoms with Crippen molar-refractivity contribution in [2.45, 2.75) is 12.5 Å². The normalized spacial score (nSPS) is 11.5. The lowest BCUT2D eigenvalue weighted by Crippen LogP contribution is -2.41. The van der Waals surface area contributed by atoms with E-state index >= 15 is 0 Å². The van der Waals surface area contributed by atoms with Crippen LogP contribution in [-0.2, 0) is 4.79 Å². The van der Waals surface area contributed by atoms with Gasteiger partial charge in [-0.25, -0.2) is 4.79 Å². The van der Waals surface area contributed by atoms with Crippen molar-refractivity contribution >= 4 is 17.6 Å². The third-order valence-corrected chi connectivity index (χ3v) is 2.66. The first kappa shape index (κ1) is 16.4. The number of carbonyl (C=O) groups excluding carboxylic acids is 1. The number of aliphatic hydroxyl groups excluding tert-OH is 1. The number of nitro benzene ring substituents is 1. The Labute approximate surface area is 119 Å². The zero-order valence-corrected chi connectivity index (χ0v) is 11.1. The van der Waals surface area contributed by atoms with Crippen LogP contribution in [0.1, 0.15) is 16.8 Å². The standard InChI is InChI=1S/C12H14N2O7/c1-21-10-3-2-7(6-9(10)14(19)20)11(16)13-8(4-5-15)12(17)18/h2-3,6,8,15H,4-5H2,1H3,(H,13,16)(H,17,18)/t8-/m0/s1. The van der Waals surface area contributed by atoms with Crippen molar-refractivity contribution in [1.82, 2.24) is 5.32 Å². The maximum atomic E-state index is 11.9. The van der Waals surface area contributed by atoms with E-state index in [0.717, 1.165) is 6.07 Å². The molecule has 9 heteroatoms. The fraction of sp³-hybridized carbons (Fsp3) is 0.333. The molecule has 0 aromatic heterocycles. The van der Waals surface area contributed by atoms with Crippen LogP contribution in [0.25, 0.3) is 0 Å². The van der Waals surface area contributed by atoms with Crippen LogP contribution >= 0.6 is 0 Å². The number of aliphatic hydroxyl groups is 1. The van der Waals surface area contributed by atoms with Gasteiger partial charge in [-0.15, -0.1) is 0 Å². The van der Waals surface area contributed by atoms with Gasteiger partial charge in [0.05, 0.1) is 12.0 Å². The van der Waals surface area contributed by atoms with Crippen LogP contribution in [0.5, 0.6) is 5.75 Å². The van der Waals surface area contributed by atoms with E-state index in [1.807, 2.05) is 0 Å². The van der Waals surface area contributed by atoms with Crippen LogP contribution in [0, 0.1) is 10.1 Å². The first-order chi connectivity index (χ1) is 9.90. The van der Waals surface area contributed by atoms with Crippen LogP contribution in [0.15, 0.2) is 18.2 Å². The van der Waals surface area contributed by atoms with Crippen molar-refractivity contribution in [2.75, 3.05) is 13.7 Å². The lowest BCUT2D eigenvalue weighted by Gasteiger charge is -2.13. The first-order valence-electron chi connectivity index (χ1n) is 5.87. The van der Waals surface area contributed by atoms with Crippen molar-refractivity contribution in [1.29, 1.82) is 0 Å². The van der Waals surface area contributed by atoms with Crippen molar-refractivity contribution in [2.24, 2.45) is 0 Å². The Morgan fingerprint density at radius 2 is 2.14 bits per heavy atom. The summed E-state index contributed by atoms with van der Waals surface area (Å²) in [6.45, 7) is -0.417. The third kappa shape index (κ3) is 4.14. The summed E-state index contributed by atoms with van der Waals surface area (Å²) in [5, 5.41) is 30.6. The molecular weight excluding hydrogens is 284 g/mol. The summed E-state index contributed by atoms with van der Waals surface area (Å²) < 4.78 is 4.80. The number of hydrogen-bond donors (Lipinski definition) is 3. The van der Waals surface area contributed by atoms with Gasteiger partial charge in [0.15, 0.2) is 5.75 Å². The van der Waals surface area contributed by atoms with Crippen LogP contribution in [0.3, 0.4) is 0 Å². The van der Waals surface area contributed by atoms with Crippen LogP contribution in [0.2, 0.25) is 0 Å². The van der Waals surface area contributed by atoms with Crippen molar-refractivity contribution in [3.05, 3.63) is 33.9 Å². The molecule has 3 N–H and O–H groups in total. The summed E-state index contributed by atoms with van der Waals surface area (Å²) >= 11 is 0. The molecule has 0 unspecified atom stereocenters. The summed E-state index contributed by atoms with van der Waals surface area (Å²) in [4.78, 5) is 32.9. The Balaban J connectivity index is 2.99. The van der Waals surface area contributed by atoms with E-state index in [0.29, 0.717) is 0 Å². The Morgan fingerprint density at radius 1 is 1.48 bits per heavy atom. The summed E-state index contributed by atoms with van der Waals surface area (Å²) in [7, 11) is 1.25. The van der Waals surface area contributed by atoms with E-state index in [-0.39, 0.29) is 17.7 Å². The van der Waals surface area contributed by atoms with Crippen LogP contribution in [0.4, 0.5) is 5.69 Å². The average molecular weight is 298 g/mol. The molecule has 0 saturated heterocycles. The van der Waals surface area contributed by atoms with Gasteiger partial charge in [0, 0.05) is 24.7 Å². The number of rotatable bonds is 7. The number of nitro groups is 1. The van der Waals surface area contributed by atoms with Gasteiger partial charge >= 0.3 is 11.7 Å². The van der Waals surface area contributed by atoms with Gasteiger partial charge in [-0.3, -0.25) is 14.9 Å². The number of nitrogens with zero attached hydrogens (tertiary/aromatic N) is 1. The van der Waals surface area contributed by atoms with E-state index in [2.05, 4.69) is 5.32 Å². The molecule has 1 amide bonds. The molecule has 0 aliphatic heterocycles. The second-order valence-electron chi connectivity index (χ2n) is 4.02. The lowest BCUT2D eigenvalue weighted by atomic mass is 10.1. The van der Waals surface area contributed by atoms with Gasteiger partial charge in [0.25, 0.3) is 5.91 Å². The third-order valence-electron chi connectivity index (χ3n) is 2.66. The topological polar surface area (TPSA) is 139 Å². The van der Waals surface area contributed by atoms with E-state index < -0.39 is 35.1 Å². The molecule has 114 valence electrons. The van der Waals surface area contributed by atoms with Gasteiger partial charge < -0.3 is 20.3 Å². The number of aliphatic carboxylic acids is 1. The van der Waals surface area contributed by atoms with E-state index in [1.54, 1.807) is 0 Å². The maximum Gasteiger partial charge on any atom is 0.326 e. The Morgan fingerprint density at radius 3 is 2.62 bits per heavy atom. The highest BCUT2D eigenvalue weighted by Gasteiger charge is 2.22. The van der Waals surface area contributed by atoms with Crippen molar-refractivity contribution < 1.29 is 29.5 Å². The number of amides is 1. The zero-order valence-electron chi connectivity index (χ0n) is 11.1. The van der Waals surface area contributed by atoms with Gasteiger partial charge in [-0.2, -0.15) is 0 Å². The molecule has 0 spiro atoms. The van der Waals surface area contributed by atoms with Gasteiger partial charge in [-0.1, -0.05) is 0 Å². The van der Waals surface area contributed by atoms with E-state index in [1.165, 1.54) is 19.2 Å². The molecule has 1 aromatic carbocycles. The molecule has 0 aliphatic carbocycles. The highest BCUT2D eigenvalue weighted by Crippen LogP contribution is 2.27. The monoisotopic (exact) mass is 298 g/mol. The summed E-state index contributed by atoms with van der Waals surface area (Å²) in [6, 6.07) is 2.24. The summed E-state index contributed by atoms with van der Waals surface area (Å²) in [6.07, 6.45) is -0.167. The second-order valence-corrected chi connectivity index (χ2v) is 4.02. The molecule has 0 radical (unpaired) electrons. The van der Waals surface area contributed by atoms with Gasteiger partial charge in [0.1, 0.15) is 6.04 Å². The summed E-state index contributed by atoms with van der Waals surface area (Å²) in [5.41, 5.74) is -0.481. The molecule has 0 fully saturated rings. The number of carboxylic acids is 1. The van der Waals surface area contributed by atoms with Crippen LogP contribution < -0.4 is 10.1 Å². The molecule has 0 aliphatic rings. The molecule has 0 bridgehead atoms. The Kier molecular flexibility index (Phi) is 5.61. The van der Waals surface area contributed by atoms with Crippen molar-refractivity contribution in [3.63, 3.8) is 0 Å². The molecule has 1 aromatic rings. The van der Waals surface area contributed by atoms with Gasteiger partial charge in [-0.05, 0) is 12.1 Å². The van der Waals surface area contributed by atoms with E-state index in [4.69, 9.17) is 14.9 Å². The molecule has 9 nitrogen and oxygen atoms in total. The van der Waals surface area contributed by atoms with Gasteiger partial charge in [0.2, 0.25) is 0 Å². The summed E-state index contributed by atoms with van der Waals surface area (Å²) in [5.74, 6) is -2.11. The second kappa shape index (κ2) is 7.20. The number of carboxylic acid groups (broad SMARTS) is 1. The fourth-order valence-corrected chi connectivity index (χ4v) is 1.60. The SMILES string of the molecule is COc1ccc(C(=O)N[C@@H](CCO)C(=O)O)cc1[N+](=O)[O-]. The smallest absolute Gasteiger partial charge is 0.326 e. The molecule has 0 heterocycles. The minimum atomic E-state index is -1.31. The van der Waals surface area contributed by atoms with E-state index in [9.17, 15) is 19.7 Å².